The maximum Gasteiger partial charge on any atom is 0.146 e. The Labute approximate surface area is 95.0 Å². The molecule has 1 aromatic heterocycles. The SMILES string of the molecule is CNC(c1ccncc1F)C1CCOC1C. The molecule has 2 rings (SSSR count). The molecule has 3 unspecified atom stereocenters. The van der Waals surface area contributed by atoms with Crippen LogP contribution in [0, 0.1) is 11.7 Å². The molecule has 88 valence electrons. The summed E-state index contributed by atoms with van der Waals surface area (Å²) in [6, 6.07) is 1.74. The standard InChI is InChI=1S/C12H17FN2O/c1-8-9(4-6-16-8)12(14-2)10-3-5-15-7-11(10)13/h3,5,7-9,12,14H,4,6H2,1-2H3. The quantitative estimate of drug-likeness (QED) is 0.851. The van der Waals surface area contributed by atoms with Crippen molar-refractivity contribution >= 4 is 0 Å². The van der Waals surface area contributed by atoms with Crippen molar-refractivity contribution in [3.63, 3.8) is 0 Å². The van der Waals surface area contributed by atoms with Crippen molar-refractivity contribution in [1.29, 1.82) is 0 Å². The average Bonchev–Trinajstić information content (AvgIpc) is 2.69. The van der Waals surface area contributed by atoms with Gasteiger partial charge < -0.3 is 10.1 Å². The lowest BCUT2D eigenvalue weighted by Gasteiger charge is -2.25. The molecule has 0 aromatic carbocycles. The summed E-state index contributed by atoms with van der Waals surface area (Å²) in [5.41, 5.74) is 0.680. The normalized spacial score (nSPS) is 26.9. The second kappa shape index (κ2) is 4.89. The molecule has 1 saturated heterocycles. The molecule has 0 amide bonds. The van der Waals surface area contributed by atoms with E-state index in [0.717, 1.165) is 13.0 Å². The van der Waals surface area contributed by atoms with Gasteiger partial charge in [0.05, 0.1) is 12.3 Å². The van der Waals surface area contributed by atoms with E-state index in [-0.39, 0.29) is 18.0 Å². The second-order valence-corrected chi connectivity index (χ2v) is 4.19. The maximum absolute atomic E-state index is 13.7. The molecule has 1 aliphatic heterocycles. The van der Waals surface area contributed by atoms with Gasteiger partial charge in [-0.15, -0.1) is 0 Å². The van der Waals surface area contributed by atoms with Crippen molar-refractivity contribution in [3.8, 4) is 0 Å². The molecule has 0 aliphatic carbocycles. The minimum atomic E-state index is -0.249. The van der Waals surface area contributed by atoms with E-state index in [1.165, 1.54) is 6.20 Å². The van der Waals surface area contributed by atoms with Crippen molar-refractivity contribution in [2.75, 3.05) is 13.7 Å². The van der Waals surface area contributed by atoms with Crippen molar-refractivity contribution in [2.24, 2.45) is 5.92 Å². The molecule has 0 spiro atoms. The first-order valence-corrected chi connectivity index (χ1v) is 5.62. The minimum absolute atomic E-state index is 0.000463. The molecular formula is C12H17FN2O. The van der Waals surface area contributed by atoms with E-state index in [2.05, 4.69) is 10.3 Å². The van der Waals surface area contributed by atoms with Gasteiger partial charge >= 0.3 is 0 Å². The third-order valence-corrected chi connectivity index (χ3v) is 3.31. The summed E-state index contributed by atoms with van der Waals surface area (Å²) < 4.78 is 19.2. The van der Waals surface area contributed by atoms with Crippen LogP contribution in [-0.2, 0) is 4.74 Å². The van der Waals surface area contributed by atoms with Crippen molar-refractivity contribution < 1.29 is 9.13 Å². The molecule has 3 atom stereocenters. The molecule has 1 fully saturated rings. The average molecular weight is 224 g/mol. The number of ether oxygens (including phenoxy) is 1. The summed E-state index contributed by atoms with van der Waals surface area (Å²) in [6.07, 6.45) is 4.03. The summed E-state index contributed by atoms with van der Waals surface area (Å²) in [5.74, 6) is 0.0721. The number of aromatic nitrogens is 1. The number of hydrogen-bond acceptors (Lipinski definition) is 3. The van der Waals surface area contributed by atoms with E-state index in [0.29, 0.717) is 11.5 Å². The minimum Gasteiger partial charge on any atom is -0.378 e. The Balaban J connectivity index is 2.25. The summed E-state index contributed by atoms with van der Waals surface area (Å²) in [7, 11) is 1.86. The van der Waals surface area contributed by atoms with E-state index in [1.807, 2.05) is 14.0 Å². The highest BCUT2D eigenvalue weighted by atomic mass is 19.1. The largest absolute Gasteiger partial charge is 0.378 e. The zero-order valence-electron chi connectivity index (χ0n) is 9.61. The van der Waals surface area contributed by atoms with E-state index in [1.54, 1.807) is 12.3 Å². The zero-order chi connectivity index (χ0) is 11.5. The summed E-state index contributed by atoms with van der Waals surface area (Å²) in [6.45, 7) is 2.80. The molecule has 0 bridgehead atoms. The van der Waals surface area contributed by atoms with Gasteiger partial charge in [-0.3, -0.25) is 4.98 Å². The van der Waals surface area contributed by atoms with Gasteiger partial charge in [0.25, 0.3) is 0 Å². The lowest BCUT2D eigenvalue weighted by molar-refractivity contribution is 0.0959. The predicted octanol–water partition coefficient (Wildman–Crippen LogP) is 1.91. The Bertz CT molecular complexity index is 359. The van der Waals surface area contributed by atoms with Gasteiger partial charge in [-0.1, -0.05) is 0 Å². The first kappa shape index (κ1) is 11.5. The molecular weight excluding hydrogens is 207 g/mol. The highest BCUT2D eigenvalue weighted by Gasteiger charge is 2.33. The van der Waals surface area contributed by atoms with E-state index >= 15 is 0 Å². The number of halogens is 1. The number of pyridine rings is 1. The van der Waals surface area contributed by atoms with Crippen LogP contribution < -0.4 is 5.32 Å². The fourth-order valence-electron chi connectivity index (χ4n) is 2.42. The van der Waals surface area contributed by atoms with Crippen LogP contribution in [-0.4, -0.2) is 24.7 Å². The molecule has 16 heavy (non-hydrogen) atoms. The fraction of sp³-hybridized carbons (Fsp3) is 0.583. The van der Waals surface area contributed by atoms with Crippen LogP contribution in [0.5, 0.6) is 0 Å². The molecule has 1 aliphatic rings. The van der Waals surface area contributed by atoms with E-state index in [4.69, 9.17) is 4.74 Å². The Morgan fingerprint density at radius 3 is 3.00 bits per heavy atom. The van der Waals surface area contributed by atoms with Crippen molar-refractivity contribution in [2.45, 2.75) is 25.5 Å². The number of nitrogens with zero attached hydrogens (tertiary/aromatic N) is 1. The molecule has 0 radical (unpaired) electrons. The monoisotopic (exact) mass is 224 g/mol. The summed E-state index contributed by atoms with van der Waals surface area (Å²) in [5, 5.41) is 3.18. The third kappa shape index (κ3) is 2.08. The molecule has 1 N–H and O–H groups in total. The fourth-order valence-corrected chi connectivity index (χ4v) is 2.42. The molecule has 1 aromatic rings. The zero-order valence-corrected chi connectivity index (χ0v) is 9.61. The van der Waals surface area contributed by atoms with Crippen LogP contribution in [0.4, 0.5) is 4.39 Å². The number of hydrogen-bond donors (Lipinski definition) is 1. The van der Waals surface area contributed by atoms with E-state index < -0.39 is 0 Å². The summed E-state index contributed by atoms with van der Waals surface area (Å²) >= 11 is 0. The van der Waals surface area contributed by atoms with Crippen molar-refractivity contribution in [1.82, 2.24) is 10.3 Å². The Kier molecular flexibility index (Phi) is 3.51. The number of rotatable bonds is 3. The van der Waals surface area contributed by atoms with Gasteiger partial charge in [0.1, 0.15) is 5.82 Å². The van der Waals surface area contributed by atoms with Crippen LogP contribution in [0.3, 0.4) is 0 Å². The number of nitrogens with one attached hydrogen (secondary N) is 1. The van der Waals surface area contributed by atoms with Gasteiger partial charge in [0.2, 0.25) is 0 Å². The highest BCUT2D eigenvalue weighted by Crippen LogP contribution is 2.33. The third-order valence-electron chi connectivity index (χ3n) is 3.31. The van der Waals surface area contributed by atoms with Crippen LogP contribution in [0.25, 0.3) is 0 Å². The Hall–Kier alpha value is -1.00. The first-order valence-electron chi connectivity index (χ1n) is 5.62. The van der Waals surface area contributed by atoms with Gasteiger partial charge in [-0.25, -0.2) is 4.39 Å². The first-order chi connectivity index (χ1) is 7.74. The smallest absolute Gasteiger partial charge is 0.146 e. The van der Waals surface area contributed by atoms with Gasteiger partial charge in [-0.2, -0.15) is 0 Å². The van der Waals surface area contributed by atoms with Crippen molar-refractivity contribution in [3.05, 3.63) is 29.8 Å². The maximum atomic E-state index is 13.7. The molecule has 0 saturated carbocycles. The predicted molar refractivity (Wildman–Crippen MR) is 59.5 cm³/mol. The van der Waals surface area contributed by atoms with Crippen LogP contribution in [0.1, 0.15) is 24.9 Å². The van der Waals surface area contributed by atoms with Crippen LogP contribution in [0.2, 0.25) is 0 Å². The molecule has 3 nitrogen and oxygen atoms in total. The van der Waals surface area contributed by atoms with Gasteiger partial charge in [0, 0.05) is 30.3 Å². The summed E-state index contributed by atoms with van der Waals surface area (Å²) in [4.78, 5) is 3.77. The van der Waals surface area contributed by atoms with Gasteiger partial charge in [-0.05, 0) is 26.5 Å². The van der Waals surface area contributed by atoms with E-state index in [9.17, 15) is 4.39 Å². The van der Waals surface area contributed by atoms with Crippen LogP contribution >= 0.6 is 0 Å². The van der Waals surface area contributed by atoms with Crippen LogP contribution in [0.15, 0.2) is 18.5 Å². The second-order valence-electron chi connectivity index (χ2n) is 4.19. The Morgan fingerprint density at radius 2 is 2.44 bits per heavy atom. The highest BCUT2D eigenvalue weighted by molar-refractivity contribution is 5.19. The lowest BCUT2D eigenvalue weighted by atomic mass is 9.88. The topological polar surface area (TPSA) is 34.2 Å². The Morgan fingerprint density at radius 1 is 1.62 bits per heavy atom. The molecule has 2 heterocycles. The molecule has 4 heteroatoms. The lowest BCUT2D eigenvalue weighted by Crippen LogP contribution is -2.30. The van der Waals surface area contributed by atoms with Gasteiger partial charge in [0.15, 0.2) is 0 Å².